The van der Waals surface area contributed by atoms with Crippen LogP contribution >= 0.6 is 11.8 Å². The standard InChI is InChI=1S/C53H76N10O13S2/c1-3-62(30-14-32-78(72,73)74)37-21-23-39-43(34-37)75-42-33-36(20-22-38(42)57-39)61(2)31-26-46(65)55-28-13-10-15-40(52(70)56-29-12-5-7-19-50(69)76-63-48(67)24-25-49(63)68)58-47(66)18-6-4-11-27-54-45(64)17-9-8-16-44-51-41(35-77-44)59-53(71)60-51/h20-23,33-34,40-41,44,51H,3-19,24-32,35H2,1-2H3,(H6-,54,55,56,58,59,60,64,65,66,70,71,72,73,74)/t40-,41-,44?,51-/m0/s1. The first-order valence-electron chi connectivity index (χ1n) is 27.4. The van der Waals surface area contributed by atoms with Gasteiger partial charge in [0.15, 0.2) is 17.9 Å². The van der Waals surface area contributed by atoms with Gasteiger partial charge < -0.3 is 50.6 Å². The van der Waals surface area contributed by atoms with E-state index in [1.165, 1.54) is 0 Å². The Hall–Kier alpha value is -6.34. The summed E-state index contributed by atoms with van der Waals surface area (Å²) in [7, 11) is -2.44. The van der Waals surface area contributed by atoms with Crippen molar-refractivity contribution in [3.63, 3.8) is 0 Å². The Bertz CT molecular complexity index is 2720. The first-order valence-corrected chi connectivity index (χ1v) is 30.0. The summed E-state index contributed by atoms with van der Waals surface area (Å²) in [6, 6.07) is 10.6. The molecule has 1 unspecified atom stereocenters. The quantitative estimate of drug-likeness (QED) is 0.0125. The number of imide groups is 1. The van der Waals surface area contributed by atoms with E-state index in [1.54, 1.807) is 0 Å². The smallest absolute Gasteiger partial charge is 0.333 e. The van der Waals surface area contributed by atoms with E-state index < -0.39 is 39.7 Å². The lowest BCUT2D eigenvalue weighted by Gasteiger charge is -2.23. The zero-order chi connectivity index (χ0) is 56.0. The van der Waals surface area contributed by atoms with Gasteiger partial charge in [0.1, 0.15) is 24.3 Å². The number of nitrogens with zero attached hydrogens (tertiary/aromatic N) is 4. The molecular formula is C53H76N10O13S2. The minimum absolute atomic E-state index is 0.00213. The van der Waals surface area contributed by atoms with Gasteiger partial charge >= 0.3 is 12.0 Å². The number of carbonyl (C=O) groups is 8. The summed E-state index contributed by atoms with van der Waals surface area (Å²) in [5.41, 5.74) is 2.64. The first-order chi connectivity index (χ1) is 37.5. The molecule has 23 nitrogen and oxygen atoms in total. The van der Waals surface area contributed by atoms with Gasteiger partial charge in [-0.1, -0.05) is 19.3 Å². The fourth-order valence-electron chi connectivity index (χ4n) is 9.55. The predicted molar refractivity (Wildman–Crippen MR) is 291 cm³/mol. The van der Waals surface area contributed by atoms with Gasteiger partial charge in [-0.05, 0) is 89.3 Å². The van der Waals surface area contributed by atoms with E-state index in [0.29, 0.717) is 136 Å². The molecule has 0 aromatic heterocycles. The van der Waals surface area contributed by atoms with Gasteiger partial charge in [-0.3, -0.25) is 28.8 Å². The topological polar surface area (TPSA) is 311 Å². The molecule has 5 aliphatic rings. The Morgan fingerprint density at radius 3 is 2.24 bits per heavy atom. The zero-order valence-corrected chi connectivity index (χ0v) is 46.4. The summed E-state index contributed by atoms with van der Waals surface area (Å²) in [6.45, 7) is 4.49. The van der Waals surface area contributed by atoms with E-state index in [-0.39, 0.29) is 80.3 Å². The van der Waals surface area contributed by atoms with E-state index in [0.717, 1.165) is 36.1 Å². The number of rotatable bonds is 34. The highest BCUT2D eigenvalue weighted by Gasteiger charge is 2.42. The van der Waals surface area contributed by atoms with Gasteiger partial charge in [0.05, 0.1) is 34.7 Å². The summed E-state index contributed by atoms with van der Waals surface area (Å²) >= 11 is 1.86. The van der Waals surface area contributed by atoms with Gasteiger partial charge in [-0.2, -0.15) is 11.8 Å². The lowest BCUT2D eigenvalue weighted by Crippen LogP contribution is -2.47. The summed E-state index contributed by atoms with van der Waals surface area (Å²) < 4.78 is 41.6. The van der Waals surface area contributed by atoms with Crippen molar-refractivity contribution in [1.29, 1.82) is 0 Å². The van der Waals surface area contributed by atoms with Crippen molar-refractivity contribution in [3.8, 4) is 11.5 Å². The molecule has 3 saturated heterocycles. The van der Waals surface area contributed by atoms with Crippen LogP contribution in [0.5, 0.6) is 0 Å². The van der Waals surface area contributed by atoms with Gasteiger partial charge in [0.25, 0.3) is 11.8 Å². The van der Waals surface area contributed by atoms with E-state index in [2.05, 4.69) is 31.9 Å². The molecular weight excluding hydrogens is 1050 g/mol. The number of thioether (sulfide) groups is 1. The second-order valence-corrected chi connectivity index (χ2v) is 22.8. The zero-order valence-electron chi connectivity index (χ0n) is 44.8. The molecule has 0 saturated carbocycles. The minimum Gasteiger partial charge on any atom is -0.748 e. The van der Waals surface area contributed by atoms with Crippen LogP contribution in [0.2, 0.25) is 0 Å². The molecule has 0 spiro atoms. The largest absolute Gasteiger partial charge is 0.748 e. The molecule has 1 aromatic rings. The lowest BCUT2D eigenvalue weighted by molar-refractivity contribution is -0.197. The summed E-state index contributed by atoms with van der Waals surface area (Å²) in [5.74, 6) is -1.54. The molecule has 1 aliphatic carbocycles. The average Bonchev–Trinajstić information content (AvgIpc) is 4.12. The van der Waals surface area contributed by atoms with Crippen LogP contribution in [-0.4, -0.2) is 152 Å². The van der Waals surface area contributed by atoms with Crippen molar-refractivity contribution in [2.24, 2.45) is 0 Å². The molecule has 8 amide bonds. The normalized spacial score (nSPS) is 17.8. The maximum Gasteiger partial charge on any atom is 0.333 e. The molecule has 4 heterocycles. The predicted octanol–water partition coefficient (Wildman–Crippen LogP) is 2.94. The number of amides is 8. The lowest BCUT2D eigenvalue weighted by atomic mass is 10.0. The van der Waals surface area contributed by atoms with Gasteiger partial charge in [-0.15, -0.1) is 5.06 Å². The molecule has 0 bridgehead atoms. The van der Waals surface area contributed by atoms with E-state index >= 15 is 0 Å². The summed E-state index contributed by atoms with van der Waals surface area (Å²) in [4.78, 5) is 111. The number of hydrogen-bond donors (Lipinski definition) is 6. The minimum atomic E-state index is -4.31. The molecule has 25 heteroatoms. The van der Waals surface area contributed by atoms with Gasteiger partial charge in [0, 0.05) is 99.4 Å². The van der Waals surface area contributed by atoms with E-state index in [1.807, 2.05) is 71.6 Å². The molecule has 1 aromatic carbocycles. The molecule has 6 rings (SSSR count). The van der Waals surface area contributed by atoms with Crippen LogP contribution in [0.1, 0.15) is 129 Å². The number of aromatic nitrogens is 1. The molecule has 4 aliphatic heterocycles. The Morgan fingerprint density at radius 2 is 1.51 bits per heavy atom. The third-order valence-corrected chi connectivity index (χ3v) is 16.3. The van der Waals surface area contributed by atoms with Crippen molar-refractivity contribution in [1.82, 2.24) is 46.5 Å². The molecule has 6 N–H and O–H groups in total. The van der Waals surface area contributed by atoms with Crippen molar-refractivity contribution >= 4 is 86.1 Å². The maximum absolute atomic E-state index is 13.4. The van der Waals surface area contributed by atoms with Gasteiger partial charge in [0.2, 0.25) is 29.0 Å². The fourth-order valence-corrected chi connectivity index (χ4v) is 11.6. The van der Waals surface area contributed by atoms with E-state index in [4.69, 9.17) is 14.2 Å². The number of nitrogens with one attached hydrogen (secondary N) is 6. The van der Waals surface area contributed by atoms with Crippen molar-refractivity contribution < 1.29 is 60.6 Å². The van der Waals surface area contributed by atoms with Crippen LogP contribution in [0.3, 0.4) is 0 Å². The number of unbranched alkanes of at least 4 members (excludes halogenated alkanes) is 6. The van der Waals surface area contributed by atoms with Crippen LogP contribution in [0.25, 0.3) is 22.6 Å². The number of anilines is 1. The second-order valence-electron chi connectivity index (χ2n) is 20.0. The van der Waals surface area contributed by atoms with Gasteiger partial charge in [-0.25, -0.2) is 27.6 Å². The summed E-state index contributed by atoms with van der Waals surface area (Å²) in [5, 5.41) is 19.3. The Labute approximate surface area is 459 Å². The van der Waals surface area contributed by atoms with Crippen LogP contribution in [0.15, 0.2) is 40.8 Å². The molecule has 4 atom stereocenters. The van der Waals surface area contributed by atoms with Crippen LogP contribution in [-0.2, 0) is 48.5 Å². The number of urea groups is 1. The monoisotopic (exact) mass is 1120 g/mol. The molecule has 0 radical (unpaired) electrons. The highest BCUT2D eigenvalue weighted by atomic mass is 32.2. The molecule has 428 valence electrons. The average molecular weight is 1130 g/mol. The number of fused-ring (bicyclic) bond motifs is 3. The SMILES string of the molecule is CCN(CCCS(=O)(=O)[O-])c1ccc2nc3ccc(=[N+](C)CCC(=O)NCCCC[C@H](NC(=O)CCCCCNC(=O)CCCCC4SC[C@@H]5NC(=O)N[C@H]45)C(=O)NCCCCCC(=O)ON4C(=O)CCC4=O)cc-3oc2c1. The fraction of sp³-hybridized carbons (Fsp3) is 0.623. The van der Waals surface area contributed by atoms with E-state index in [9.17, 15) is 51.3 Å². The summed E-state index contributed by atoms with van der Waals surface area (Å²) in [6.07, 6.45) is 8.61. The third-order valence-electron chi connectivity index (χ3n) is 14.0. The molecule has 3 fully saturated rings. The number of hydrogen-bond acceptors (Lipinski definition) is 16. The van der Waals surface area contributed by atoms with Crippen molar-refractivity contribution in [2.45, 2.75) is 152 Å². The Morgan fingerprint density at radius 1 is 0.833 bits per heavy atom. The Kier molecular flexibility index (Phi) is 24.0. The highest BCUT2D eigenvalue weighted by Crippen LogP contribution is 2.33. The third kappa shape index (κ3) is 19.8. The Balaban J connectivity index is 0.901. The maximum atomic E-state index is 13.4. The van der Waals surface area contributed by atoms with Crippen LogP contribution in [0.4, 0.5) is 10.5 Å². The highest BCUT2D eigenvalue weighted by molar-refractivity contribution is 8.00. The van der Waals surface area contributed by atoms with Crippen molar-refractivity contribution in [2.75, 3.05) is 62.7 Å². The second kappa shape index (κ2) is 30.7. The van der Waals surface area contributed by atoms with Crippen LogP contribution in [0, 0.1) is 0 Å². The number of hydroxylamine groups is 2. The van der Waals surface area contributed by atoms with Crippen LogP contribution < -0.4 is 46.7 Å². The van der Waals surface area contributed by atoms with Crippen molar-refractivity contribution in [3.05, 3.63) is 41.8 Å². The number of benzene rings is 2. The number of carbonyl (C=O) groups excluding carboxylic acids is 8. The molecule has 78 heavy (non-hydrogen) atoms. The first kappa shape index (κ1) is 60.9.